The van der Waals surface area contributed by atoms with E-state index < -0.39 is 0 Å². The molecule has 1 aromatic heterocycles. The van der Waals surface area contributed by atoms with Crippen molar-refractivity contribution in [1.82, 2.24) is 20.4 Å². The molecule has 1 N–H and O–H groups in total. The number of ether oxygens (including phenoxy) is 1. The maximum Gasteiger partial charge on any atom is 0.257 e. The van der Waals surface area contributed by atoms with Crippen molar-refractivity contribution in [1.29, 1.82) is 0 Å². The molecule has 8 nitrogen and oxygen atoms in total. The van der Waals surface area contributed by atoms with E-state index in [9.17, 15) is 9.59 Å². The van der Waals surface area contributed by atoms with Gasteiger partial charge in [0.15, 0.2) is 4.34 Å². The van der Waals surface area contributed by atoms with Crippen LogP contribution in [-0.4, -0.2) is 72.0 Å². The van der Waals surface area contributed by atoms with Gasteiger partial charge in [-0.3, -0.25) is 9.59 Å². The number of hydrogen-bond acceptors (Lipinski definition) is 8. The Kier molecular flexibility index (Phi) is 7.75. The first-order valence-electron chi connectivity index (χ1n) is 10.7. The third kappa shape index (κ3) is 5.65. The molecule has 1 aliphatic heterocycles. The highest BCUT2D eigenvalue weighted by Crippen LogP contribution is 2.30. The molecule has 0 radical (unpaired) electrons. The van der Waals surface area contributed by atoms with Gasteiger partial charge in [-0.05, 0) is 31.0 Å². The molecule has 11 heteroatoms. The third-order valence-electron chi connectivity index (χ3n) is 5.67. The summed E-state index contributed by atoms with van der Waals surface area (Å²) in [4.78, 5) is 29.0. The van der Waals surface area contributed by atoms with Crippen LogP contribution in [0.2, 0.25) is 5.02 Å². The highest BCUT2D eigenvalue weighted by atomic mass is 35.5. The number of rotatable bonds is 7. The molecule has 0 spiro atoms. The number of nitrogens with zero attached hydrogens (tertiary/aromatic N) is 4. The van der Waals surface area contributed by atoms with Crippen LogP contribution in [0.3, 0.4) is 0 Å². The van der Waals surface area contributed by atoms with Gasteiger partial charge in [-0.15, -0.1) is 10.2 Å². The minimum absolute atomic E-state index is 0.0576. The van der Waals surface area contributed by atoms with E-state index in [4.69, 9.17) is 16.3 Å². The van der Waals surface area contributed by atoms with Crippen LogP contribution in [0.1, 0.15) is 36.0 Å². The van der Waals surface area contributed by atoms with E-state index in [0.29, 0.717) is 54.3 Å². The van der Waals surface area contributed by atoms with Crippen LogP contribution in [0.25, 0.3) is 0 Å². The van der Waals surface area contributed by atoms with Gasteiger partial charge in [-0.25, -0.2) is 0 Å². The summed E-state index contributed by atoms with van der Waals surface area (Å²) in [5, 5.41) is 12.9. The van der Waals surface area contributed by atoms with Crippen molar-refractivity contribution in [3.8, 4) is 5.75 Å². The van der Waals surface area contributed by atoms with Gasteiger partial charge in [-0.2, -0.15) is 0 Å². The number of benzene rings is 1. The molecule has 1 aliphatic carbocycles. The molecule has 172 valence electrons. The van der Waals surface area contributed by atoms with Gasteiger partial charge in [-0.1, -0.05) is 47.5 Å². The first-order valence-corrected chi connectivity index (χ1v) is 12.8. The van der Waals surface area contributed by atoms with Crippen LogP contribution in [0.5, 0.6) is 5.75 Å². The zero-order chi connectivity index (χ0) is 22.5. The second-order valence-electron chi connectivity index (χ2n) is 7.81. The predicted molar refractivity (Wildman–Crippen MR) is 127 cm³/mol. The molecule has 2 aliphatic rings. The zero-order valence-electron chi connectivity index (χ0n) is 17.9. The number of methoxy groups -OCH3 is 1. The lowest BCUT2D eigenvalue weighted by Crippen LogP contribution is -2.48. The fraction of sp³-hybridized carbons (Fsp3) is 0.524. The molecule has 1 aromatic carbocycles. The number of halogens is 1. The molecule has 0 bridgehead atoms. The molecule has 2 aromatic rings. The predicted octanol–water partition coefficient (Wildman–Crippen LogP) is 3.31. The average Bonchev–Trinajstić information content (AvgIpc) is 3.49. The van der Waals surface area contributed by atoms with Crippen molar-refractivity contribution in [2.24, 2.45) is 0 Å². The molecule has 2 fully saturated rings. The zero-order valence-corrected chi connectivity index (χ0v) is 20.3. The van der Waals surface area contributed by atoms with E-state index in [1.165, 1.54) is 35.9 Å². The standard InChI is InChI=1S/C21H26ClN5O3S2/c1-30-17-7-6-14(22)12-16(17)19(29)26-8-10-27(11-9-26)20-24-25-21(32-20)31-13-18(28)23-15-4-2-3-5-15/h6-7,12,15H,2-5,8-11,13H2,1H3,(H,23,28). The summed E-state index contributed by atoms with van der Waals surface area (Å²) in [6.45, 7) is 2.47. The molecular weight excluding hydrogens is 470 g/mol. The van der Waals surface area contributed by atoms with Gasteiger partial charge < -0.3 is 19.9 Å². The molecule has 0 atom stereocenters. The maximum absolute atomic E-state index is 13.0. The number of piperazine rings is 1. The van der Waals surface area contributed by atoms with Crippen molar-refractivity contribution in [3.05, 3.63) is 28.8 Å². The summed E-state index contributed by atoms with van der Waals surface area (Å²) in [5.74, 6) is 0.840. The van der Waals surface area contributed by atoms with Crippen molar-refractivity contribution < 1.29 is 14.3 Å². The summed E-state index contributed by atoms with van der Waals surface area (Å²) in [5.41, 5.74) is 0.471. The molecule has 4 rings (SSSR count). The first kappa shape index (κ1) is 23.1. The molecular formula is C21H26ClN5O3S2. The average molecular weight is 496 g/mol. The van der Waals surface area contributed by atoms with E-state index in [0.717, 1.165) is 22.3 Å². The lowest BCUT2D eigenvalue weighted by Gasteiger charge is -2.34. The Labute approximate surface area is 200 Å². The summed E-state index contributed by atoms with van der Waals surface area (Å²) >= 11 is 8.98. The Morgan fingerprint density at radius 2 is 1.97 bits per heavy atom. The van der Waals surface area contributed by atoms with Gasteiger partial charge >= 0.3 is 0 Å². The summed E-state index contributed by atoms with van der Waals surface area (Å²) in [7, 11) is 1.54. The minimum atomic E-state index is -0.0919. The van der Waals surface area contributed by atoms with Gasteiger partial charge in [0.25, 0.3) is 5.91 Å². The minimum Gasteiger partial charge on any atom is -0.496 e. The number of anilines is 1. The Balaban J connectivity index is 1.27. The van der Waals surface area contributed by atoms with Gasteiger partial charge in [0.1, 0.15) is 5.75 Å². The van der Waals surface area contributed by atoms with E-state index in [1.54, 1.807) is 30.2 Å². The molecule has 1 saturated carbocycles. The van der Waals surface area contributed by atoms with Gasteiger partial charge in [0.2, 0.25) is 11.0 Å². The highest BCUT2D eigenvalue weighted by molar-refractivity contribution is 8.01. The monoisotopic (exact) mass is 495 g/mol. The van der Waals surface area contributed by atoms with Crippen molar-refractivity contribution in [2.75, 3.05) is 43.9 Å². The van der Waals surface area contributed by atoms with Crippen molar-refractivity contribution in [2.45, 2.75) is 36.1 Å². The quantitative estimate of drug-likeness (QED) is 0.589. The van der Waals surface area contributed by atoms with E-state index in [-0.39, 0.29) is 11.8 Å². The van der Waals surface area contributed by atoms with Crippen LogP contribution in [0.4, 0.5) is 5.13 Å². The largest absolute Gasteiger partial charge is 0.496 e. The second kappa shape index (κ2) is 10.7. The highest BCUT2D eigenvalue weighted by Gasteiger charge is 2.26. The SMILES string of the molecule is COc1ccc(Cl)cc1C(=O)N1CCN(c2nnc(SCC(=O)NC3CCCC3)s2)CC1. The molecule has 0 unspecified atom stereocenters. The van der Waals surface area contributed by atoms with Crippen LogP contribution < -0.4 is 15.0 Å². The van der Waals surface area contributed by atoms with Crippen molar-refractivity contribution >= 4 is 51.6 Å². The summed E-state index contributed by atoms with van der Waals surface area (Å²) in [6, 6.07) is 5.39. The van der Waals surface area contributed by atoms with Crippen LogP contribution in [-0.2, 0) is 4.79 Å². The number of amides is 2. The number of thioether (sulfide) groups is 1. The van der Waals surface area contributed by atoms with Crippen molar-refractivity contribution in [3.63, 3.8) is 0 Å². The fourth-order valence-corrected chi connectivity index (χ4v) is 5.85. The lowest BCUT2D eigenvalue weighted by atomic mass is 10.1. The number of carbonyl (C=O) groups excluding carboxylic acids is 2. The van der Waals surface area contributed by atoms with E-state index >= 15 is 0 Å². The molecule has 2 amide bonds. The van der Waals surface area contributed by atoms with Gasteiger partial charge in [0, 0.05) is 37.2 Å². The van der Waals surface area contributed by atoms with Gasteiger partial charge in [0.05, 0.1) is 18.4 Å². The summed E-state index contributed by atoms with van der Waals surface area (Å²) in [6.07, 6.45) is 4.56. The first-order chi connectivity index (χ1) is 15.5. The van der Waals surface area contributed by atoms with E-state index in [1.807, 2.05) is 0 Å². The Morgan fingerprint density at radius 1 is 1.22 bits per heavy atom. The van der Waals surface area contributed by atoms with Crippen LogP contribution in [0, 0.1) is 0 Å². The topological polar surface area (TPSA) is 87.7 Å². The Bertz CT molecular complexity index is 959. The van der Waals surface area contributed by atoms with Crippen LogP contribution in [0.15, 0.2) is 22.5 Å². The molecule has 32 heavy (non-hydrogen) atoms. The number of nitrogens with one attached hydrogen (secondary N) is 1. The third-order valence-corrected chi connectivity index (χ3v) is 8.02. The second-order valence-corrected chi connectivity index (χ2v) is 10.4. The lowest BCUT2D eigenvalue weighted by molar-refractivity contribution is -0.119. The Morgan fingerprint density at radius 3 is 2.69 bits per heavy atom. The van der Waals surface area contributed by atoms with Crippen LogP contribution >= 0.6 is 34.7 Å². The number of hydrogen-bond donors (Lipinski definition) is 1. The maximum atomic E-state index is 13.0. The normalized spacial score (nSPS) is 16.9. The van der Waals surface area contributed by atoms with E-state index in [2.05, 4.69) is 20.4 Å². The summed E-state index contributed by atoms with van der Waals surface area (Å²) < 4.78 is 6.10. The Hall–Kier alpha value is -2.04. The smallest absolute Gasteiger partial charge is 0.257 e. The number of carbonyl (C=O) groups is 2. The molecule has 1 saturated heterocycles. The molecule has 2 heterocycles. The fourth-order valence-electron chi connectivity index (χ4n) is 3.97. The number of aromatic nitrogens is 2.